The van der Waals surface area contributed by atoms with Gasteiger partial charge >= 0.3 is 6.36 Å². The Morgan fingerprint density at radius 1 is 1.24 bits per heavy atom. The van der Waals surface area contributed by atoms with E-state index in [2.05, 4.69) is 23.6 Å². The van der Waals surface area contributed by atoms with E-state index in [9.17, 15) is 13.2 Å². The maximum absolute atomic E-state index is 12.3. The molecular formula is C16H20F3NO. The van der Waals surface area contributed by atoms with Gasteiger partial charge < -0.3 is 9.72 Å². The van der Waals surface area contributed by atoms with Gasteiger partial charge in [0.05, 0.1) is 0 Å². The largest absolute Gasteiger partial charge is 0.573 e. The van der Waals surface area contributed by atoms with Crippen LogP contribution < -0.4 is 4.74 Å². The lowest BCUT2D eigenvalue weighted by Crippen LogP contribution is -2.17. The molecule has 0 spiro atoms. The predicted molar refractivity (Wildman–Crippen MR) is 77.5 cm³/mol. The van der Waals surface area contributed by atoms with E-state index < -0.39 is 6.36 Å². The van der Waals surface area contributed by atoms with Gasteiger partial charge in [0.15, 0.2) is 0 Å². The summed E-state index contributed by atoms with van der Waals surface area (Å²) in [4.78, 5) is 3.11. The molecule has 0 saturated heterocycles. The number of aromatic nitrogens is 1. The number of benzene rings is 1. The molecule has 1 atom stereocenters. The van der Waals surface area contributed by atoms with E-state index in [1.165, 1.54) is 18.6 Å². The second-order valence-corrected chi connectivity index (χ2v) is 5.40. The number of nitrogens with one attached hydrogen (secondary N) is 1. The summed E-state index contributed by atoms with van der Waals surface area (Å²) in [6, 6.07) is 4.42. The fourth-order valence-corrected chi connectivity index (χ4v) is 2.58. The van der Waals surface area contributed by atoms with Crippen LogP contribution in [0.3, 0.4) is 0 Å². The summed E-state index contributed by atoms with van der Waals surface area (Å²) in [7, 11) is 0. The number of H-pyrrole nitrogens is 1. The zero-order chi connectivity index (χ0) is 15.5. The summed E-state index contributed by atoms with van der Waals surface area (Å²) in [6.07, 6.45) is 1.73. The first-order valence-corrected chi connectivity index (χ1v) is 7.27. The molecule has 0 aliphatic rings. The van der Waals surface area contributed by atoms with E-state index in [1.807, 2.05) is 6.20 Å². The lowest BCUT2D eigenvalue weighted by atomic mass is 9.94. The molecule has 1 unspecified atom stereocenters. The average Bonchev–Trinajstić information content (AvgIpc) is 2.80. The van der Waals surface area contributed by atoms with Gasteiger partial charge in [-0.25, -0.2) is 0 Å². The molecule has 0 fully saturated rings. The summed E-state index contributed by atoms with van der Waals surface area (Å²) < 4.78 is 40.9. The van der Waals surface area contributed by atoms with E-state index >= 15 is 0 Å². The van der Waals surface area contributed by atoms with E-state index in [0.29, 0.717) is 5.92 Å². The molecule has 5 heteroatoms. The number of unbranched alkanes of at least 4 members (excludes halogenated alkanes) is 2. The van der Waals surface area contributed by atoms with Crippen molar-refractivity contribution in [1.29, 1.82) is 0 Å². The van der Waals surface area contributed by atoms with Crippen molar-refractivity contribution in [1.82, 2.24) is 4.98 Å². The van der Waals surface area contributed by atoms with E-state index in [0.717, 1.165) is 35.7 Å². The average molecular weight is 299 g/mol. The van der Waals surface area contributed by atoms with Crippen molar-refractivity contribution in [3.8, 4) is 5.75 Å². The molecule has 0 bridgehead atoms. The Morgan fingerprint density at radius 3 is 2.67 bits per heavy atom. The minimum Gasteiger partial charge on any atom is -0.406 e. The smallest absolute Gasteiger partial charge is 0.406 e. The molecule has 0 radical (unpaired) electrons. The van der Waals surface area contributed by atoms with Crippen LogP contribution in [0.2, 0.25) is 0 Å². The van der Waals surface area contributed by atoms with Gasteiger partial charge in [-0.15, -0.1) is 13.2 Å². The molecular weight excluding hydrogens is 279 g/mol. The molecule has 21 heavy (non-hydrogen) atoms. The highest BCUT2D eigenvalue weighted by Crippen LogP contribution is 2.32. The van der Waals surface area contributed by atoms with Crippen LogP contribution in [0, 0.1) is 0 Å². The summed E-state index contributed by atoms with van der Waals surface area (Å²) in [6.45, 7) is 4.26. The molecule has 0 aliphatic heterocycles. The van der Waals surface area contributed by atoms with E-state index in [4.69, 9.17) is 0 Å². The molecule has 2 nitrogen and oxygen atoms in total. The minimum atomic E-state index is -4.66. The first-order chi connectivity index (χ1) is 9.90. The van der Waals surface area contributed by atoms with Gasteiger partial charge in [0.1, 0.15) is 5.75 Å². The highest BCUT2D eigenvalue weighted by molar-refractivity contribution is 5.85. The second kappa shape index (κ2) is 6.41. The van der Waals surface area contributed by atoms with E-state index in [1.54, 1.807) is 6.07 Å². The molecule has 0 aliphatic carbocycles. The SMILES string of the molecule is CCCCCC(C)c1c[nH]c2ccc(OC(F)(F)F)cc12. The van der Waals surface area contributed by atoms with Crippen LogP contribution in [-0.4, -0.2) is 11.3 Å². The van der Waals surface area contributed by atoms with Crippen molar-refractivity contribution in [3.05, 3.63) is 30.0 Å². The summed E-state index contributed by atoms with van der Waals surface area (Å²) >= 11 is 0. The zero-order valence-corrected chi connectivity index (χ0v) is 12.3. The van der Waals surface area contributed by atoms with Crippen LogP contribution >= 0.6 is 0 Å². The normalized spacial score (nSPS) is 13.6. The van der Waals surface area contributed by atoms with Crippen LogP contribution in [0.25, 0.3) is 10.9 Å². The number of halogens is 3. The highest BCUT2D eigenvalue weighted by atomic mass is 19.4. The fraction of sp³-hybridized carbons (Fsp3) is 0.500. The number of rotatable bonds is 6. The Bertz CT molecular complexity index is 589. The van der Waals surface area contributed by atoms with Crippen molar-refractivity contribution < 1.29 is 17.9 Å². The van der Waals surface area contributed by atoms with Gasteiger partial charge in [0.2, 0.25) is 0 Å². The Labute approximate surface area is 122 Å². The lowest BCUT2D eigenvalue weighted by Gasteiger charge is -2.12. The molecule has 116 valence electrons. The Morgan fingerprint density at radius 2 is 2.00 bits per heavy atom. The predicted octanol–water partition coefficient (Wildman–Crippen LogP) is 5.75. The van der Waals surface area contributed by atoms with Crippen molar-refractivity contribution >= 4 is 10.9 Å². The maximum atomic E-state index is 12.3. The number of hydrogen-bond acceptors (Lipinski definition) is 1. The molecule has 2 rings (SSSR count). The zero-order valence-electron chi connectivity index (χ0n) is 12.3. The van der Waals surface area contributed by atoms with Gasteiger partial charge in [-0.1, -0.05) is 33.1 Å². The van der Waals surface area contributed by atoms with Gasteiger partial charge in [0.25, 0.3) is 0 Å². The maximum Gasteiger partial charge on any atom is 0.573 e. The number of fused-ring (bicyclic) bond motifs is 1. The van der Waals surface area contributed by atoms with Crippen LogP contribution in [0.5, 0.6) is 5.75 Å². The molecule has 1 N–H and O–H groups in total. The van der Waals surface area contributed by atoms with Gasteiger partial charge in [0, 0.05) is 17.1 Å². The second-order valence-electron chi connectivity index (χ2n) is 5.40. The molecule has 1 aromatic heterocycles. The lowest BCUT2D eigenvalue weighted by molar-refractivity contribution is -0.274. The van der Waals surface area contributed by atoms with Crippen LogP contribution in [0.4, 0.5) is 13.2 Å². The summed E-state index contributed by atoms with van der Waals surface area (Å²) in [5, 5.41) is 0.806. The molecule has 0 saturated carbocycles. The third-order valence-corrected chi connectivity index (χ3v) is 3.69. The third kappa shape index (κ3) is 4.16. The van der Waals surface area contributed by atoms with Crippen LogP contribution in [0.1, 0.15) is 51.0 Å². The number of aromatic amines is 1. The molecule has 1 heterocycles. The molecule has 1 aromatic carbocycles. The first-order valence-electron chi connectivity index (χ1n) is 7.27. The number of hydrogen-bond donors (Lipinski definition) is 1. The van der Waals surface area contributed by atoms with Gasteiger partial charge in [-0.2, -0.15) is 0 Å². The van der Waals surface area contributed by atoms with Crippen LogP contribution in [0.15, 0.2) is 24.4 Å². The topological polar surface area (TPSA) is 25.0 Å². The molecule has 2 aromatic rings. The monoisotopic (exact) mass is 299 g/mol. The third-order valence-electron chi connectivity index (χ3n) is 3.69. The number of ether oxygens (including phenoxy) is 1. The van der Waals surface area contributed by atoms with Crippen molar-refractivity contribution in [3.63, 3.8) is 0 Å². The summed E-state index contributed by atoms with van der Waals surface area (Å²) in [5.74, 6) is 0.142. The standard InChI is InChI=1S/C16H20F3NO/c1-3-4-5-6-11(2)14-10-20-15-8-7-12(9-13(14)15)21-16(17,18)19/h7-11,20H,3-6H2,1-2H3. The van der Waals surface area contributed by atoms with Gasteiger partial charge in [-0.05, 0) is 36.1 Å². The van der Waals surface area contributed by atoms with Crippen molar-refractivity contribution in [2.45, 2.75) is 51.8 Å². The van der Waals surface area contributed by atoms with E-state index in [-0.39, 0.29) is 5.75 Å². The minimum absolute atomic E-state index is 0.170. The Balaban J connectivity index is 2.22. The summed E-state index contributed by atoms with van der Waals surface area (Å²) in [5.41, 5.74) is 1.88. The molecule has 0 amide bonds. The van der Waals surface area contributed by atoms with Crippen molar-refractivity contribution in [2.75, 3.05) is 0 Å². The Kier molecular flexibility index (Phi) is 4.80. The van der Waals surface area contributed by atoms with Gasteiger partial charge in [-0.3, -0.25) is 0 Å². The van der Waals surface area contributed by atoms with Crippen molar-refractivity contribution in [2.24, 2.45) is 0 Å². The highest BCUT2D eigenvalue weighted by Gasteiger charge is 2.31. The van der Waals surface area contributed by atoms with Crippen LogP contribution in [-0.2, 0) is 0 Å². The fourth-order valence-electron chi connectivity index (χ4n) is 2.58. The first kappa shape index (κ1) is 15.7. The Hall–Kier alpha value is -1.65. The quantitative estimate of drug-likeness (QED) is 0.675. The number of alkyl halides is 3.